The summed E-state index contributed by atoms with van der Waals surface area (Å²) in [5.41, 5.74) is 14.7. The number of rotatable bonds is 2. The van der Waals surface area contributed by atoms with Crippen LogP contribution in [0.5, 0.6) is 0 Å². The summed E-state index contributed by atoms with van der Waals surface area (Å²) in [6.07, 6.45) is 0. The standard InChI is InChI=1S/C13H11ClN2S.C2H4/c14-12-6-3-9(13(16)17)7-11(12)8-1-4-10(15)5-2-8;1-2/h1-7H,15H2,(H2,16,17);1-2H2. The van der Waals surface area contributed by atoms with Crippen LogP contribution in [-0.4, -0.2) is 4.99 Å². The second-order valence-corrected chi connectivity index (χ2v) is 4.53. The predicted octanol–water partition coefficient (Wildman–Crippen LogP) is 4.03. The highest BCUT2D eigenvalue weighted by Gasteiger charge is 2.06. The molecule has 2 nitrogen and oxygen atoms in total. The van der Waals surface area contributed by atoms with E-state index in [-0.39, 0.29) is 0 Å². The predicted molar refractivity (Wildman–Crippen MR) is 88.4 cm³/mol. The van der Waals surface area contributed by atoms with Crippen molar-refractivity contribution in [1.82, 2.24) is 0 Å². The number of nitrogens with two attached hydrogens (primary N) is 2. The normalized spacial score (nSPS) is 9.32. The number of nitrogen functional groups attached to an aromatic ring is 1. The first-order valence-electron chi connectivity index (χ1n) is 5.53. The molecule has 0 unspecified atom stereocenters. The Balaban J connectivity index is 0.000000861. The molecule has 0 aromatic heterocycles. The molecular weight excluding hydrogens is 276 g/mol. The van der Waals surface area contributed by atoms with Gasteiger partial charge in [0, 0.05) is 21.8 Å². The van der Waals surface area contributed by atoms with Gasteiger partial charge in [0.05, 0.1) is 0 Å². The van der Waals surface area contributed by atoms with Crippen LogP contribution >= 0.6 is 23.8 Å². The molecule has 0 saturated heterocycles. The molecule has 0 radical (unpaired) electrons. The van der Waals surface area contributed by atoms with Crippen LogP contribution in [0.3, 0.4) is 0 Å². The average Bonchev–Trinajstić information content (AvgIpc) is 2.42. The van der Waals surface area contributed by atoms with Crippen LogP contribution in [0, 0.1) is 0 Å². The van der Waals surface area contributed by atoms with Gasteiger partial charge in [-0.05, 0) is 29.8 Å². The van der Waals surface area contributed by atoms with Crippen molar-refractivity contribution in [1.29, 1.82) is 0 Å². The number of thiocarbonyl (C=S) groups is 1. The summed E-state index contributed by atoms with van der Waals surface area (Å²) in [4.78, 5) is 0.360. The van der Waals surface area contributed by atoms with E-state index in [2.05, 4.69) is 13.2 Å². The van der Waals surface area contributed by atoms with Crippen LogP contribution < -0.4 is 11.5 Å². The van der Waals surface area contributed by atoms with E-state index < -0.39 is 0 Å². The third kappa shape index (κ3) is 3.81. The van der Waals surface area contributed by atoms with Crippen molar-refractivity contribution in [3.05, 3.63) is 66.2 Å². The van der Waals surface area contributed by atoms with Crippen LogP contribution in [0.2, 0.25) is 5.02 Å². The lowest BCUT2D eigenvalue weighted by Gasteiger charge is -2.07. The second-order valence-electron chi connectivity index (χ2n) is 3.68. The molecule has 2 aromatic carbocycles. The molecule has 98 valence electrons. The molecule has 4 heteroatoms. The van der Waals surface area contributed by atoms with Crippen molar-refractivity contribution in [2.75, 3.05) is 5.73 Å². The van der Waals surface area contributed by atoms with Gasteiger partial charge < -0.3 is 11.5 Å². The summed E-state index contributed by atoms with van der Waals surface area (Å²) in [6, 6.07) is 13.0. The summed E-state index contributed by atoms with van der Waals surface area (Å²) in [7, 11) is 0. The minimum atomic E-state index is 0.360. The maximum atomic E-state index is 6.16. The van der Waals surface area contributed by atoms with Gasteiger partial charge >= 0.3 is 0 Å². The van der Waals surface area contributed by atoms with Crippen molar-refractivity contribution in [3.63, 3.8) is 0 Å². The highest BCUT2D eigenvalue weighted by molar-refractivity contribution is 7.80. The van der Waals surface area contributed by atoms with Gasteiger partial charge in [-0.2, -0.15) is 0 Å². The quantitative estimate of drug-likeness (QED) is 0.499. The smallest absolute Gasteiger partial charge is 0.104 e. The van der Waals surface area contributed by atoms with E-state index in [1.54, 1.807) is 6.07 Å². The molecule has 0 atom stereocenters. The Morgan fingerprint density at radius 3 is 2.16 bits per heavy atom. The number of hydrogen-bond donors (Lipinski definition) is 2. The van der Waals surface area contributed by atoms with Crippen LogP contribution in [0.25, 0.3) is 11.1 Å². The lowest BCUT2D eigenvalue weighted by atomic mass is 10.0. The Kier molecular flexibility index (Phi) is 5.55. The molecule has 0 aliphatic rings. The Bertz CT molecular complexity index is 579. The Labute approximate surface area is 123 Å². The van der Waals surface area contributed by atoms with Gasteiger partial charge in [-0.3, -0.25) is 0 Å². The largest absolute Gasteiger partial charge is 0.399 e. The molecule has 0 heterocycles. The van der Waals surface area contributed by atoms with E-state index in [0.29, 0.717) is 10.0 Å². The fourth-order valence-corrected chi connectivity index (χ4v) is 1.92. The van der Waals surface area contributed by atoms with E-state index in [9.17, 15) is 0 Å². The third-order valence-corrected chi connectivity index (χ3v) is 3.04. The van der Waals surface area contributed by atoms with Crippen molar-refractivity contribution < 1.29 is 0 Å². The number of benzene rings is 2. The van der Waals surface area contributed by atoms with Gasteiger partial charge in [-0.15, -0.1) is 13.2 Å². The zero-order valence-electron chi connectivity index (χ0n) is 10.4. The topological polar surface area (TPSA) is 52.0 Å². The number of hydrogen-bond acceptors (Lipinski definition) is 2. The van der Waals surface area contributed by atoms with Gasteiger partial charge in [-0.1, -0.05) is 42.0 Å². The van der Waals surface area contributed by atoms with Gasteiger partial charge in [0.25, 0.3) is 0 Å². The zero-order valence-corrected chi connectivity index (χ0v) is 12.0. The monoisotopic (exact) mass is 290 g/mol. The maximum absolute atomic E-state index is 6.16. The van der Waals surface area contributed by atoms with Crippen molar-refractivity contribution >= 4 is 34.5 Å². The van der Waals surface area contributed by atoms with Gasteiger partial charge in [0.2, 0.25) is 0 Å². The molecular formula is C15H15ClN2S. The molecule has 0 fully saturated rings. The van der Waals surface area contributed by atoms with E-state index in [4.69, 9.17) is 35.3 Å². The molecule has 2 rings (SSSR count). The number of halogens is 1. The summed E-state index contributed by atoms with van der Waals surface area (Å²) >= 11 is 11.1. The van der Waals surface area contributed by atoms with Gasteiger partial charge in [0.15, 0.2) is 0 Å². The first-order valence-corrected chi connectivity index (χ1v) is 6.32. The molecule has 0 spiro atoms. The van der Waals surface area contributed by atoms with E-state index >= 15 is 0 Å². The van der Waals surface area contributed by atoms with E-state index in [1.165, 1.54) is 0 Å². The van der Waals surface area contributed by atoms with E-state index in [1.807, 2.05) is 36.4 Å². The first kappa shape index (κ1) is 15.2. The maximum Gasteiger partial charge on any atom is 0.104 e. The van der Waals surface area contributed by atoms with Crippen LogP contribution in [0.1, 0.15) is 5.56 Å². The highest BCUT2D eigenvalue weighted by Crippen LogP contribution is 2.29. The number of anilines is 1. The van der Waals surface area contributed by atoms with Gasteiger partial charge in [-0.25, -0.2) is 0 Å². The average molecular weight is 291 g/mol. The summed E-state index contributed by atoms with van der Waals surface area (Å²) in [5.74, 6) is 0. The van der Waals surface area contributed by atoms with Crippen molar-refractivity contribution in [3.8, 4) is 11.1 Å². The molecule has 0 saturated carbocycles. The van der Waals surface area contributed by atoms with Crippen LogP contribution in [0.15, 0.2) is 55.6 Å². The lowest BCUT2D eigenvalue weighted by molar-refractivity contribution is 1.58. The fourth-order valence-electron chi connectivity index (χ4n) is 1.56. The molecule has 19 heavy (non-hydrogen) atoms. The Morgan fingerprint density at radius 2 is 1.63 bits per heavy atom. The lowest BCUT2D eigenvalue weighted by Crippen LogP contribution is -2.09. The summed E-state index contributed by atoms with van der Waals surface area (Å²) in [6.45, 7) is 6.00. The van der Waals surface area contributed by atoms with Crippen LogP contribution in [0.4, 0.5) is 5.69 Å². The fraction of sp³-hybridized carbons (Fsp3) is 0. The Hall–Kier alpha value is -1.84. The minimum absolute atomic E-state index is 0.360. The molecule has 0 amide bonds. The molecule has 2 aromatic rings. The molecule has 4 N–H and O–H groups in total. The molecule has 0 bridgehead atoms. The summed E-state index contributed by atoms with van der Waals surface area (Å²) < 4.78 is 0. The van der Waals surface area contributed by atoms with Crippen molar-refractivity contribution in [2.24, 2.45) is 5.73 Å². The molecule has 0 aliphatic carbocycles. The second kappa shape index (κ2) is 6.92. The zero-order chi connectivity index (χ0) is 14.4. The SMILES string of the molecule is C=C.NC(=S)c1ccc(Cl)c(-c2ccc(N)cc2)c1. The third-order valence-electron chi connectivity index (χ3n) is 2.47. The Morgan fingerprint density at radius 1 is 1.05 bits per heavy atom. The summed E-state index contributed by atoms with van der Waals surface area (Å²) in [5, 5.41) is 0.662. The van der Waals surface area contributed by atoms with Gasteiger partial charge in [0.1, 0.15) is 4.99 Å². The van der Waals surface area contributed by atoms with E-state index in [0.717, 1.165) is 22.4 Å². The first-order chi connectivity index (χ1) is 9.08. The minimum Gasteiger partial charge on any atom is -0.399 e. The van der Waals surface area contributed by atoms with Crippen molar-refractivity contribution in [2.45, 2.75) is 0 Å². The highest BCUT2D eigenvalue weighted by atomic mass is 35.5. The van der Waals surface area contributed by atoms with Crippen LogP contribution in [-0.2, 0) is 0 Å². The molecule has 0 aliphatic heterocycles.